The lowest BCUT2D eigenvalue weighted by molar-refractivity contribution is 0.104. The van der Waals surface area contributed by atoms with E-state index in [2.05, 4.69) is 20.8 Å². The Bertz CT molecular complexity index is 888. The highest BCUT2D eigenvalue weighted by molar-refractivity contribution is 6.08. The minimum Gasteiger partial charge on any atom is -0.493 e. The molecule has 0 aromatic heterocycles. The summed E-state index contributed by atoms with van der Waals surface area (Å²) in [5.41, 5.74) is 1.29. The second kappa shape index (κ2) is 15.0. The molecule has 0 amide bonds. The summed E-state index contributed by atoms with van der Waals surface area (Å²) in [7, 11) is 1.61. The van der Waals surface area contributed by atoms with Crippen LogP contribution < -0.4 is 18.9 Å². The zero-order valence-corrected chi connectivity index (χ0v) is 20.5. The molecular formula is C28H38O5. The monoisotopic (exact) mass is 454 g/mol. The van der Waals surface area contributed by atoms with Crippen molar-refractivity contribution in [1.29, 1.82) is 0 Å². The SMILES string of the molecule is CCCCOc1cc(C=CC(=O)c2ccccc2OCCCC)c(OCCCC)c(OC)c1. The lowest BCUT2D eigenvalue weighted by Crippen LogP contribution is -2.04. The predicted molar refractivity (Wildman–Crippen MR) is 134 cm³/mol. The topological polar surface area (TPSA) is 54.0 Å². The van der Waals surface area contributed by atoms with Gasteiger partial charge < -0.3 is 18.9 Å². The van der Waals surface area contributed by atoms with Crippen LogP contribution in [-0.2, 0) is 0 Å². The first-order chi connectivity index (χ1) is 16.1. The summed E-state index contributed by atoms with van der Waals surface area (Å²) >= 11 is 0. The average molecular weight is 455 g/mol. The maximum atomic E-state index is 13.0. The van der Waals surface area contributed by atoms with Gasteiger partial charge in [-0.3, -0.25) is 4.79 Å². The fourth-order valence-electron chi connectivity index (χ4n) is 3.14. The molecular weight excluding hydrogens is 416 g/mol. The van der Waals surface area contributed by atoms with Gasteiger partial charge in [0.1, 0.15) is 11.5 Å². The van der Waals surface area contributed by atoms with E-state index in [0.717, 1.165) is 44.1 Å². The van der Waals surface area contributed by atoms with Gasteiger partial charge in [-0.1, -0.05) is 52.2 Å². The summed E-state index contributed by atoms with van der Waals surface area (Å²) in [5, 5.41) is 0. The van der Waals surface area contributed by atoms with Crippen LogP contribution in [0.4, 0.5) is 0 Å². The highest BCUT2D eigenvalue weighted by Gasteiger charge is 2.14. The molecule has 0 saturated carbocycles. The molecule has 0 fully saturated rings. The third-order valence-electron chi connectivity index (χ3n) is 5.11. The Hall–Kier alpha value is -2.95. The van der Waals surface area contributed by atoms with Crippen LogP contribution in [0, 0.1) is 0 Å². The molecule has 0 aliphatic heterocycles. The van der Waals surface area contributed by atoms with Crippen molar-refractivity contribution in [2.75, 3.05) is 26.9 Å². The van der Waals surface area contributed by atoms with E-state index in [-0.39, 0.29) is 5.78 Å². The van der Waals surface area contributed by atoms with E-state index < -0.39 is 0 Å². The standard InChI is InChI=1S/C28H38O5/c1-5-8-17-31-23-20-22(28(27(21-23)30-4)33-19-10-7-3)15-16-25(29)24-13-11-12-14-26(24)32-18-9-6-2/h11-16,20-21H,5-10,17-19H2,1-4H3. The normalized spacial score (nSPS) is 10.9. The molecule has 0 N–H and O–H groups in total. The molecule has 0 heterocycles. The first-order valence-corrected chi connectivity index (χ1v) is 12.1. The van der Waals surface area contributed by atoms with Crippen molar-refractivity contribution in [3.05, 3.63) is 53.6 Å². The Kier molecular flexibility index (Phi) is 11.9. The molecule has 2 rings (SSSR count). The van der Waals surface area contributed by atoms with Crippen molar-refractivity contribution >= 4 is 11.9 Å². The molecule has 5 nitrogen and oxygen atoms in total. The van der Waals surface area contributed by atoms with E-state index in [9.17, 15) is 4.79 Å². The predicted octanol–water partition coefficient (Wildman–Crippen LogP) is 7.13. The van der Waals surface area contributed by atoms with E-state index >= 15 is 0 Å². The van der Waals surface area contributed by atoms with Crippen molar-refractivity contribution in [3.63, 3.8) is 0 Å². The number of para-hydroxylation sites is 1. The van der Waals surface area contributed by atoms with Crippen LogP contribution in [-0.4, -0.2) is 32.7 Å². The number of benzene rings is 2. The number of carbonyl (C=O) groups excluding carboxylic acids is 1. The Morgan fingerprint density at radius 2 is 1.45 bits per heavy atom. The lowest BCUT2D eigenvalue weighted by atomic mass is 10.1. The molecule has 0 radical (unpaired) electrons. The molecule has 0 spiro atoms. The number of ether oxygens (including phenoxy) is 4. The number of hydrogen-bond donors (Lipinski definition) is 0. The van der Waals surface area contributed by atoms with Gasteiger partial charge >= 0.3 is 0 Å². The first-order valence-electron chi connectivity index (χ1n) is 12.1. The third-order valence-corrected chi connectivity index (χ3v) is 5.11. The summed E-state index contributed by atoms with van der Waals surface area (Å²) in [6.45, 7) is 8.14. The zero-order valence-electron chi connectivity index (χ0n) is 20.5. The maximum absolute atomic E-state index is 13.0. The average Bonchev–Trinajstić information content (AvgIpc) is 2.84. The Morgan fingerprint density at radius 1 is 0.818 bits per heavy atom. The van der Waals surface area contributed by atoms with Crippen LogP contribution in [0.25, 0.3) is 6.08 Å². The smallest absolute Gasteiger partial charge is 0.189 e. The van der Waals surface area contributed by atoms with Crippen molar-refractivity contribution in [2.24, 2.45) is 0 Å². The molecule has 5 heteroatoms. The summed E-state index contributed by atoms with van der Waals surface area (Å²) in [4.78, 5) is 13.0. The maximum Gasteiger partial charge on any atom is 0.189 e. The third kappa shape index (κ3) is 8.49. The molecule has 0 bridgehead atoms. The molecule has 33 heavy (non-hydrogen) atoms. The van der Waals surface area contributed by atoms with Gasteiger partial charge in [-0.2, -0.15) is 0 Å². The summed E-state index contributed by atoms with van der Waals surface area (Å²) in [6.07, 6.45) is 9.28. The van der Waals surface area contributed by atoms with Gasteiger partial charge in [-0.25, -0.2) is 0 Å². The Balaban J connectivity index is 2.32. The lowest BCUT2D eigenvalue weighted by Gasteiger charge is -2.16. The van der Waals surface area contributed by atoms with Crippen molar-refractivity contribution in [1.82, 2.24) is 0 Å². The number of hydrogen-bond acceptors (Lipinski definition) is 5. The minimum atomic E-state index is -0.127. The molecule has 0 aliphatic rings. The van der Waals surface area contributed by atoms with Gasteiger partial charge in [-0.05, 0) is 49.6 Å². The number of ketones is 1. The van der Waals surface area contributed by atoms with Gasteiger partial charge in [0.15, 0.2) is 17.3 Å². The van der Waals surface area contributed by atoms with Gasteiger partial charge in [0.2, 0.25) is 0 Å². The van der Waals surface area contributed by atoms with E-state index in [1.54, 1.807) is 25.3 Å². The highest BCUT2D eigenvalue weighted by atomic mass is 16.5. The van der Waals surface area contributed by atoms with Gasteiger partial charge in [0.05, 0.1) is 32.5 Å². The number of rotatable bonds is 16. The van der Waals surface area contributed by atoms with E-state index in [4.69, 9.17) is 18.9 Å². The first kappa shape index (κ1) is 26.3. The summed E-state index contributed by atoms with van der Waals surface area (Å²) in [5.74, 6) is 2.38. The number of allylic oxidation sites excluding steroid dienone is 1. The highest BCUT2D eigenvalue weighted by Crippen LogP contribution is 2.37. The Labute approximate surface area is 198 Å². The van der Waals surface area contributed by atoms with Gasteiger partial charge in [-0.15, -0.1) is 0 Å². The molecule has 0 aliphatic carbocycles. The van der Waals surface area contributed by atoms with Crippen molar-refractivity contribution in [2.45, 2.75) is 59.3 Å². The van der Waals surface area contributed by atoms with Crippen LogP contribution in [0.1, 0.15) is 75.2 Å². The summed E-state index contributed by atoms with van der Waals surface area (Å²) in [6, 6.07) is 11.1. The van der Waals surface area contributed by atoms with Gasteiger partial charge in [0.25, 0.3) is 0 Å². The molecule has 180 valence electrons. The van der Waals surface area contributed by atoms with Crippen LogP contribution >= 0.6 is 0 Å². The van der Waals surface area contributed by atoms with Crippen LogP contribution in [0.15, 0.2) is 42.5 Å². The number of carbonyl (C=O) groups is 1. The molecule has 0 saturated heterocycles. The fraction of sp³-hybridized carbons (Fsp3) is 0.464. The van der Waals surface area contributed by atoms with E-state index in [1.165, 1.54) is 0 Å². The summed E-state index contributed by atoms with van der Waals surface area (Å²) < 4.78 is 23.4. The number of unbranched alkanes of at least 4 members (excludes halogenated alkanes) is 3. The quantitative estimate of drug-likeness (QED) is 0.153. The van der Waals surface area contributed by atoms with Crippen molar-refractivity contribution < 1.29 is 23.7 Å². The molecule has 2 aromatic rings. The molecule has 2 aromatic carbocycles. The van der Waals surface area contributed by atoms with Crippen LogP contribution in [0.2, 0.25) is 0 Å². The van der Waals surface area contributed by atoms with Crippen molar-refractivity contribution in [3.8, 4) is 23.0 Å². The minimum absolute atomic E-state index is 0.127. The molecule has 0 atom stereocenters. The fourth-order valence-corrected chi connectivity index (χ4v) is 3.14. The molecule has 0 unspecified atom stereocenters. The van der Waals surface area contributed by atoms with Gasteiger partial charge in [0, 0.05) is 11.6 Å². The number of methoxy groups -OCH3 is 1. The van der Waals surface area contributed by atoms with Crippen LogP contribution in [0.5, 0.6) is 23.0 Å². The zero-order chi connectivity index (χ0) is 23.9. The van der Waals surface area contributed by atoms with E-state index in [1.807, 2.05) is 30.3 Å². The second-order valence-corrected chi connectivity index (χ2v) is 7.84. The second-order valence-electron chi connectivity index (χ2n) is 7.84. The largest absolute Gasteiger partial charge is 0.493 e. The Morgan fingerprint density at radius 3 is 2.12 bits per heavy atom. The van der Waals surface area contributed by atoms with Crippen LogP contribution in [0.3, 0.4) is 0 Å². The van der Waals surface area contributed by atoms with E-state index in [0.29, 0.717) is 48.4 Å².